The minimum Gasteiger partial charge on any atom is -0.486 e. The van der Waals surface area contributed by atoms with Gasteiger partial charge in [-0.15, -0.1) is 0 Å². The molecule has 0 unspecified atom stereocenters. The largest absolute Gasteiger partial charge is 0.486 e. The van der Waals surface area contributed by atoms with Gasteiger partial charge in [0.15, 0.2) is 11.6 Å². The Morgan fingerprint density at radius 3 is 2.50 bits per heavy atom. The van der Waals surface area contributed by atoms with Crippen LogP contribution in [0.25, 0.3) is 0 Å². The average Bonchev–Trinajstić information content (AvgIpc) is 2.48. The van der Waals surface area contributed by atoms with Gasteiger partial charge in [-0.25, -0.2) is 9.18 Å². The van der Waals surface area contributed by atoms with Crippen LogP contribution in [0.2, 0.25) is 0 Å². The van der Waals surface area contributed by atoms with Crippen molar-refractivity contribution in [3.63, 3.8) is 0 Å². The van der Waals surface area contributed by atoms with Crippen LogP contribution in [0.5, 0.6) is 5.75 Å². The van der Waals surface area contributed by atoms with E-state index in [0.717, 1.165) is 5.56 Å². The van der Waals surface area contributed by atoms with E-state index in [9.17, 15) is 9.18 Å². The summed E-state index contributed by atoms with van der Waals surface area (Å²) in [5.74, 6) is -0.511. The summed E-state index contributed by atoms with van der Waals surface area (Å²) in [4.78, 5) is 11.3. The topological polar surface area (TPSA) is 35.5 Å². The third-order valence-electron chi connectivity index (χ3n) is 2.93. The molecule has 0 aliphatic heterocycles. The number of aryl methyl sites for hydroxylation is 1. The first-order valence-electron chi connectivity index (χ1n) is 6.17. The normalized spacial score (nSPS) is 10.2. The fourth-order valence-electron chi connectivity index (χ4n) is 1.75. The summed E-state index contributed by atoms with van der Waals surface area (Å²) in [6, 6.07) is 11.8. The molecule has 0 aliphatic rings. The summed E-state index contributed by atoms with van der Waals surface area (Å²) in [5, 5.41) is 0. The second-order valence-corrected chi connectivity index (χ2v) is 4.36. The van der Waals surface area contributed by atoms with Gasteiger partial charge >= 0.3 is 5.97 Å². The number of benzene rings is 2. The molecule has 2 aromatic carbocycles. The van der Waals surface area contributed by atoms with Crippen LogP contribution in [0.15, 0.2) is 42.5 Å². The second-order valence-electron chi connectivity index (χ2n) is 4.36. The zero-order valence-corrected chi connectivity index (χ0v) is 11.4. The maximum atomic E-state index is 13.7. The van der Waals surface area contributed by atoms with Crippen molar-refractivity contribution in [2.75, 3.05) is 7.11 Å². The summed E-state index contributed by atoms with van der Waals surface area (Å²) >= 11 is 0. The van der Waals surface area contributed by atoms with E-state index in [0.29, 0.717) is 11.1 Å². The minimum atomic E-state index is -0.387. The Labute approximate surface area is 117 Å². The number of esters is 1. The molecule has 0 bridgehead atoms. The number of hydrogen-bond donors (Lipinski definition) is 0. The van der Waals surface area contributed by atoms with Gasteiger partial charge in [0.1, 0.15) is 6.61 Å². The van der Waals surface area contributed by atoms with Crippen LogP contribution in [0, 0.1) is 12.7 Å². The lowest BCUT2D eigenvalue weighted by molar-refractivity contribution is 0.0600. The second kappa shape index (κ2) is 6.19. The number of rotatable bonds is 4. The molecule has 0 saturated carbocycles. The lowest BCUT2D eigenvalue weighted by atomic mass is 10.1. The van der Waals surface area contributed by atoms with Gasteiger partial charge in [-0.3, -0.25) is 0 Å². The lowest BCUT2D eigenvalue weighted by Crippen LogP contribution is -2.02. The first-order chi connectivity index (χ1) is 9.61. The van der Waals surface area contributed by atoms with Crippen molar-refractivity contribution in [2.24, 2.45) is 0 Å². The van der Waals surface area contributed by atoms with Gasteiger partial charge < -0.3 is 9.47 Å². The molecule has 104 valence electrons. The fourth-order valence-corrected chi connectivity index (χ4v) is 1.75. The van der Waals surface area contributed by atoms with Crippen molar-refractivity contribution < 1.29 is 18.7 Å². The molecule has 0 aromatic heterocycles. The van der Waals surface area contributed by atoms with Crippen LogP contribution in [-0.2, 0) is 11.3 Å². The van der Waals surface area contributed by atoms with E-state index in [4.69, 9.17) is 4.74 Å². The van der Waals surface area contributed by atoms with Crippen LogP contribution < -0.4 is 4.74 Å². The predicted octanol–water partition coefficient (Wildman–Crippen LogP) is 3.50. The van der Waals surface area contributed by atoms with E-state index in [-0.39, 0.29) is 24.1 Å². The van der Waals surface area contributed by atoms with Gasteiger partial charge in [0, 0.05) is 0 Å². The molecule has 2 aromatic rings. The van der Waals surface area contributed by atoms with E-state index < -0.39 is 0 Å². The number of ether oxygens (including phenoxy) is 2. The van der Waals surface area contributed by atoms with Crippen LogP contribution in [-0.4, -0.2) is 13.1 Å². The molecule has 0 saturated heterocycles. The number of carbonyl (C=O) groups is 1. The molecule has 20 heavy (non-hydrogen) atoms. The molecule has 0 amide bonds. The molecular weight excluding hydrogens is 259 g/mol. The van der Waals surface area contributed by atoms with E-state index in [1.54, 1.807) is 49.4 Å². The number of halogens is 1. The highest BCUT2D eigenvalue weighted by atomic mass is 19.1. The van der Waals surface area contributed by atoms with E-state index in [2.05, 4.69) is 4.74 Å². The molecule has 0 N–H and O–H groups in total. The van der Waals surface area contributed by atoms with Crippen molar-refractivity contribution in [3.05, 3.63) is 65.0 Å². The third kappa shape index (κ3) is 3.15. The summed E-state index contributed by atoms with van der Waals surface area (Å²) in [6.07, 6.45) is 0. The standard InChI is InChI=1S/C16H15FO3/c1-11-4-3-5-14(15(11)17)20-10-12-6-8-13(9-7-12)16(18)19-2/h3-9H,10H2,1-2H3. The van der Waals surface area contributed by atoms with E-state index >= 15 is 0 Å². The molecule has 0 radical (unpaired) electrons. The molecule has 3 nitrogen and oxygen atoms in total. The highest BCUT2D eigenvalue weighted by Crippen LogP contribution is 2.20. The molecule has 2 rings (SSSR count). The molecule has 4 heteroatoms. The Morgan fingerprint density at radius 1 is 1.15 bits per heavy atom. The monoisotopic (exact) mass is 274 g/mol. The van der Waals surface area contributed by atoms with Gasteiger partial charge in [0.2, 0.25) is 0 Å². The van der Waals surface area contributed by atoms with Gasteiger partial charge in [-0.05, 0) is 36.2 Å². The Bertz CT molecular complexity index is 606. The molecule has 0 spiro atoms. The number of methoxy groups -OCH3 is 1. The molecule has 0 atom stereocenters. The SMILES string of the molecule is COC(=O)c1ccc(COc2cccc(C)c2F)cc1. The van der Waals surface area contributed by atoms with Gasteiger partial charge in [0.25, 0.3) is 0 Å². The van der Waals surface area contributed by atoms with E-state index in [1.807, 2.05) is 0 Å². The smallest absolute Gasteiger partial charge is 0.337 e. The fraction of sp³-hybridized carbons (Fsp3) is 0.188. The highest BCUT2D eigenvalue weighted by molar-refractivity contribution is 5.89. The van der Waals surface area contributed by atoms with Crippen LogP contribution in [0.1, 0.15) is 21.5 Å². The van der Waals surface area contributed by atoms with Crippen molar-refractivity contribution in [3.8, 4) is 5.75 Å². The zero-order valence-electron chi connectivity index (χ0n) is 11.4. The molecule has 0 aliphatic carbocycles. The number of carbonyl (C=O) groups excluding carboxylic acids is 1. The van der Waals surface area contributed by atoms with Gasteiger partial charge in [0.05, 0.1) is 12.7 Å². The minimum absolute atomic E-state index is 0.224. The summed E-state index contributed by atoms with van der Waals surface area (Å²) in [5.41, 5.74) is 1.86. The first-order valence-corrected chi connectivity index (χ1v) is 6.17. The zero-order chi connectivity index (χ0) is 14.5. The van der Waals surface area contributed by atoms with Gasteiger partial charge in [-0.1, -0.05) is 24.3 Å². The van der Waals surface area contributed by atoms with Crippen LogP contribution in [0.3, 0.4) is 0 Å². The maximum absolute atomic E-state index is 13.7. The average molecular weight is 274 g/mol. The summed E-state index contributed by atoms with van der Waals surface area (Å²) in [6.45, 7) is 1.93. The highest BCUT2D eigenvalue weighted by Gasteiger charge is 2.07. The van der Waals surface area contributed by atoms with E-state index in [1.165, 1.54) is 7.11 Å². The maximum Gasteiger partial charge on any atom is 0.337 e. The van der Waals surface area contributed by atoms with Crippen molar-refractivity contribution >= 4 is 5.97 Å². The lowest BCUT2D eigenvalue weighted by Gasteiger charge is -2.09. The Balaban J connectivity index is 2.04. The quantitative estimate of drug-likeness (QED) is 0.800. The summed E-state index contributed by atoms with van der Waals surface area (Å²) in [7, 11) is 1.33. The Kier molecular flexibility index (Phi) is 4.35. The Hall–Kier alpha value is -2.36. The predicted molar refractivity (Wildman–Crippen MR) is 73.3 cm³/mol. The van der Waals surface area contributed by atoms with Crippen molar-refractivity contribution in [1.29, 1.82) is 0 Å². The van der Waals surface area contributed by atoms with Gasteiger partial charge in [-0.2, -0.15) is 0 Å². The van der Waals surface area contributed by atoms with Crippen molar-refractivity contribution in [2.45, 2.75) is 13.5 Å². The van der Waals surface area contributed by atoms with Crippen LogP contribution >= 0.6 is 0 Å². The first kappa shape index (κ1) is 14.1. The molecule has 0 fully saturated rings. The van der Waals surface area contributed by atoms with Crippen molar-refractivity contribution in [1.82, 2.24) is 0 Å². The van der Waals surface area contributed by atoms with Crippen LogP contribution in [0.4, 0.5) is 4.39 Å². The number of hydrogen-bond acceptors (Lipinski definition) is 3. The Morgan fingerprint density at radius 2 is 1.85 bits per heavy atom. The molecule has 0 heterocycles. The third-order valence-corrected chi connectivity index (χ3v) is 2.93. The summed E-state index contributed by atoms with van der Waals surface area (Å²) < 4.78 is 23.8. The molecular formula is C16H15FO3.